The predicted molar refractivity (Wildman–Crippen MR) is 65.8 cm³/mol. The van der Waals surface area contributed by atoms with Crippen molar-refractivity contribution < 1.29 is 19.5 Å². The van der Waals surface area contributed by atoms with Crippen LogP contribution in [0, 0.1) is 0 Å². The molecule has 1 aromatic rings. The minimum atomic E-state index is -1.04. The Kier molecular flexibility index (Phi) is 4.14. The van der Waals surface area contributed by atoms with E-state index in [9.17, 15) is 4.79 Å². The van der Waals surface area contributed by atoms with Gasteiger partial charge in [-0.05, 0) is 17.7 Å². The Bertz CT molecular complexity index is 424. The van der Waals surface area contributed by atoms with Gasteiger partial charge in [0, 0.05) is 12.2 Å². The van der Waals surface area contributed by atoms with Crippen molar-refractivity contribution >= 4 is 17.9 Å². The van der Waals surface area contributed by atoms with Gasteiger partial charge < -0.3 is 19.6 Å². The van der Waals surface area contributed by atoms with E-state index in [1.54, 1.807) is 0 Å². The molecule has 0 amide bonds. The van der Waals surface area contributed by atoms with E-state index >= 15 is 0 Å². The maximum Gasteiger partial charge on any atom is 0.344 e. The highest BCUT2D eigenvalue weighted by Gasteiger charge is 2.11. The molecule has 1 saturated heterocycles. The van der Waals surface area contributed by atoms with Gasteiger partial charge in [-0.1, -0.05) is 17.3 Å². The zero-order chi connectivity index (χ0) is 12.8. The van der Waals surface area contributed by atoms with Crippen molar-refractivity contribution in [1.29, 1.82) is 0 Å². The fraction of sp³-hybridized carbons (Fsp3) is 0.333. The summed E-state index contributed by atoms with van der Waals surface area (Å²) in [4.78, 5) is 16.9. The van der Waals surface area contributed by atoms with Crippen LogP contribution in [0.15, 0.2) is 29.4 Å². The average molecular weight is 250 g/mol. The molecule has 1 N–H and O–H groups in total. The number of carboxylic acid groups (broad SMARTS) is 1. The molecule has 0 aromatic heterocycles. The van der Waals surface area contributed by atoms with Gasteiger partial charge in [-0.25, -0.2) is 4.79 Å². The number of hydrogen-bond acceptors (Lipinski definition) is 5. The molecule has 1 aromatic carbocycles. The van der Waals surface area contributed by atoms with Crippen LogP contribution in [0.3, 0.4) is 0 Å². The van der Waals surface area contributed by atoms with E-state index in [1.807, 2.05) is 24.3 Å². The Morgan fingerprint density at radius 3 is 2.89 bits per heavy atom. The second kappa shape index (κ2) is 6.02. The quantitative estimate of drug-likeness (QED) is 0.621. The molecule has 1 aliphatic heterocycles. The van der Waals surface area contributed by atoms with Gasteiger partial charge in [0.25, 0.3) is 0 Å². The molecule has 96 valence electrons. The zero-order valence-electron chi connectivity index (χ0n) is 9.78. The van der Waals surface area contributed by atoms with Crippen LogP contribution in [-0.2, 0) is 14.4 Å². The Labute approximate surface area is 104 Å². The Balaban J connectivity index is 1.88. The normalized spacial score (nSPS) is 15.2. The van der Waals surface area contributed by atoms with E-state index < -0.39 is 12.6 Å². The van der Waals surface area contributed by atoms with Crippen molar-refractivity contribution in [3.63, 3.8) is 0 Å². The summed E-state index contributed by atoms with van der Waals surface area (Å²) >= 11 is 0. The number of carboxylic acids is 1. The van der Waals surface area contributed by atoms with Crippen LogP contribution in [0.1, 0.15) is 5.56 Å². The Morgan fingerprint density at radius 1 is 1.50 bits per heavy atom. The standard InChI is InChI=1S/C12H14N2O4/c15-12(16)8-18-13-7-10-1-3-11(4-2-10)14-5-6-17-9-14/h1-4,7H,5-6,8-9H2,(H,15,16). The van der Waals surface area contributed by atoms with Crippen molar-refractivity contribution in [3.8, 4) is 0 Å². The van der Waals surface area contributed by atoms with Crippen molar-refractivity contribution in [2.45, 2.75) is 0 Å². The maximum atomic E-state index is 10.2. The van der Waals surface area contributed by atoms with Gasteiger partial charge in [-0.3, -0.25) is 0 Å². The third-order valence-corrected chi connectivity index (χ3v) is 2.48. The van der Waals surface area contributed by atoms with Crippen LogP contribution in [-0.4, -0.2) is 43.8 Å². The fourth-order valence-corrected chi connectivity index (χ4v) is 1.58. The monoisotopic (exact) mass is 250 g/mol. The van der Waals surface area contributed by atoms with Gasteiger partial charge in [0.15, 0.2) is 0 Å². The molecule has 0 saturated carbocycles. The van der Waals surface area contributed by atoms with Crippen molar-refractivity contribution in [3.05, 3.63) is 29.8 Å². The summed E-state index contributed by atoms with van der Waals surface area (Å²) in [5.41, 5.74) is 1.94. The van der Waals surface area contributed by atoms with Crippen LogP contribution in [0.4, 0.5) is 5.69 Å². The predicted octanol–water partition coefficient (Wildman–Crippen LogP) is 0.916. The van der Waals surface area contributed by atoms with E-state index in [2.05, 4.69) is 14.9 Å². The summed E-state index contributed by atoms with van der Waals surface area (Å²) < 4.78 is 5.27. The first-order valence-corrected chi connectivity index (χ1v) is 5.55. The molecule has 0 unspecified atom stereocenters. The second-order valence-corrected chi connectivity index (χ2v) is 3.79. The van der Waals surface area contributed by atoms with Crippen molar-refractivity contribution in [2.75, 3.05) is 31.4 Å². The number of benzene rings is 1. The number of anilines is 1. The van der Waals surface area contributed by atoms with Gasteiger partial charge >= 0.3 is 5.97 Å². The molecular weight excluding hydrogens is 236 g/mol. The minimum absolute atomic E-state index is 0.431. The van der Waals surface area contributed by atoms with Gasteiger partial charge in [-0.15, -0.1) is 0 Å². The fourth-order valence-electron chi connectivity index (χ4n) is 1.58. The molecule has 1 fully saturated rings. The van der Waals surface area contributed by atoms with Crippen molar-refractivity contribution in [2.24, 2.45) is 5.16 Å². The molecule has 0 atom stereocenters. The molecule has 0 bridgehead atoms. The van der Waals surface area contributed by atoms with E-state index in [0.29, 0.717) is 6.73 Å². The molecule has 0 radical (unpaired) electrons. The first-order chi connectivity index (χ1) is 8.75. The number of oxime groups is 1. The molecule has 0 aliphatic carbocycles. The van der Waals surface area contributed by atoms with Crippen LogP contribution >= 0.6 is 0 Å². The van der Waals surface area contributed by atoms with E-state index in [1.165, 1.54) is 6.21 Å². The Hall–Kier alpha value is -2.08. The van der Waals surface area contributed by atoms with Gasteiger partial charge in [0.1, 0.15) is 6.73 Å². The topological polar surface area (TPSA) is 71.4 Å². The summed E-state index contributed by atoms with van der Waals surface area (Å²) in [6.07, 6.45) is 1.48. The minimum Gasteiger partial charge on any atom is -0.479 e. The van der Waals surface area contributed by atoms with Gasteiger partial charge in [0.2, 0.25) is 6.61 Å². The lowest BCUT2D eigenvalue weighted by molar-refractivity contribution is -0.142. The van der Waals surface area contributed by atoms with Gasteiger partial charge in [-0.2, -0.15) is 0 Å². The van der Waals surface area contributed by atoms with E-state index in [0.717, 1.165) is 24.4 Å². The molecule has 2 rings (SSSR count). The summed E-state index contributed by atoms with van der Waals surface area (Å²) in [6.45, 7) is 1.84. The Morgan fingerprint density at radius 2 is 2.28 bits per heavy atom. The summed E-state index contributed by atoms with van der Waals surface area (Å²) in [7, 11) is 0. The average Bonchev–Trinajstić information content (AvgIpc) is 2.89. The molecule has 6 heteroatoms. The summed E-state index contributed by atoms with van der Waals surface area (Å²) in [5, 5.41) is 11.9. The number of hydrogen-bond donors (Lipinski definition) is 1. The number of carbonyl (C=O) groups is 1. The largest absolute Gasteiger partial charge is 0.479 e. The number of ether oxygens (including phenoxy) is 1. The lowest BCUT2D eigenvalue weighted by Gasteiger charge is -2.15. The smallest absolute Gasteiger partial charge is 0.344 e. The van der Waals surface area contributed by atoms with Crippen LogP contribution in [0.25, 0.3) is 0 Å². The maximum absolute atomic E-state index is 10.2. The van der Waals surface area contributed by atoms with E-state index in [-0.39, 0.29) is 0 Å². The summed E-state index contributed by atoms with van der Waals surface area (Å²) in [6, 6.07) is 7.71. The van der Waals surface area contributed by atoms with E-state index in [4.69, 9.17) is 9.84 Å². The first-order valence-electron chi connectivity index (χ1n) is 5.55. The van der Waals surface area contributed by atoms with Crippen LogP contribution in [0.5, 0.6) is 0 Å². The molecular formula is C12H14N2O4. The van der Waals surface area contributed by atoms with Crippen molar-refractivity contribution in [1.82, 2.24) is 0 Å². The molecule has 18 heavy (non-hydrogen) atoms. The van der Waals surface area contributed by atoms with Crippen LogP contribution in [0.2, 0.25) is 0 Å². The third kappa shape index (κ3) is 3.46. The highest BCUT2D eigenvalue weighted by molar-refractivity contribution is 5.80. The third-order valence-electron chi connectivity index (χ3n) is 2.48. The highest BCUT2D eigenvalue weighted by atomic mass is 16.6. The lowest BCUT2D eigenvalue weighted by atomic mass is 10.2. The molecule has 0 spiro atoms. The number of aliphatic carboxylic acids is 1. The zero-order valence-corrected chi connectivity index (χ0v) is 9.78. The molecule has 6 nitrogen and oxygen atoms in total. The lowest BCUT2D eigenvalue weighted by Crippen LogP contribution is -2.18. The highest BCUT2D eigenvalue weighted by Crippen LogP contribution is 2.16. The second-order valence-electron chi connectivity index (χ2n) is 3.79. The number of nitrogens with zero attached hydrogens (tertiary/aromatic N) is 2. The van der Waals surface area contributed by atoms with Crippen LogP contribution < -0.4 is 4.90 Å². The SMILES string of the molecule is O=C(O)CON=Cc1ccc(N2CCOC2)cc1. The molecule has 1 aliphatic rings. The first kappa shape index (κ1) is 12.4. The number of rotatable bonds is 5. The van der Waals surface area contributed by atoms with Gasteiger partial charge in [0.05, 0.1) is 12.8 Å². The summed E-state index contributed by atoms with van der Waals surface area (Å²) in [5.74, 6) is -1.04. The molecule has 1 heterocycles.